The highest BCUT2D eigenvalue weighted by Gasteiger charge is 2.28. The maximum absolute atomic E-state index is 11.7. The molecule has 0 aromatic carbocycles. The summed E-state index contributed by atoms with van der Waals surface area (Å²) in [6, 6.07) is 0.0408. The van der Waals surface area contributed by atoms with Gasteiger partial charge in [0.25, 0.3) is 0 Å². The molecule has 1 N–H and O–H groups in total. The van der Waals surface area contributed by atoms with Gasteiger partial charge in [-0.1, -0.05) is 34.6 Å². The topological polar surface area (TPSA) is 46.2 Å². The molecule has 0 aliphatic rings. The van der Waals surface area contributed by atoms with E-state index in [2.05, 4.69) is 26.1 Å². The Bertz CT molecular complexity index is 265. The van der Waals surface area contributed by atoms with Gasteiger partial charge in [0, 0.05) is 11.8 Å². The highest BCUT2D eigenvalue weighted by atomic mass is 32.2. The highest BCUT2D eigenvalue weighted by molar-refractivity contribution is 7.91. The Kier molecular flexibility index (Phi) is 5.81. The van der Waals surface area contributed by atoms with Crippen molar-refractivity contribution in [1.82, 2.24) is 5.32 Å². The van der Waals surface area contributed by atoms with E-state index >= 15 is 0 Å². The molecule has 92 valence electrons. The van der Waals surface area contributed by atoms with E-state index in [1.165, 1.54) is 0 Å². The van der Waals surface area contributed by atoms with Crippen LogP contribution in [0.25, 0.3) is 0 Å². The van der Waals surface area contributed by atoms with Crippen molar-refractivity contribution in [2.45, 2.75) is 47.1 Å². The van der Waals surface area contributed by atoms with Crippen LogP contribution in [0.5, 0.6) is 0 Å². The van der Waals surface area contributed by atoms with Crippen molar-refractivity contribution in [3.63, 3.8) is 0 Å². The molecule has 0 saturated carbocycles. The molecule has 0 amide bonds. The fraction of sp³-hybridized carbons (Fsp3) is 1.00. The van der Waals surface area contributed by atoms with Gasteiger partial charge in [-0.15, -0.1) is 0 Å². The van der Waals surface area contributed by atoms with Crippen LogP contribution in [0.1, 0.15) is 41.0 Å². The average molecular weight is 235 g/mol. The normalized spacial score (nSPS) is 15.3. The second-order valence-electron chi connectivity index (χ2n) is 5.09. The van der Waals surface area contributed by atoms with E-state index in [4.69, 9.17) is 0 Å². The molecular weight excluding hydrogens is 210 g/mol. The zero-order valence-electron chi connectivity index (χ0n) is 10.6. The Morgan fingerprint density at radius 3 is 2.07 bits per heavy atom. The van der Waals surface area contributed by atoms with E-state index in [0.717, 1.165) is 6.54 Å². The van der Waals surface area contributed by atoms with Crippen molar-refractivity contribution in [2.24, 2.45) is 5.41 Å². The minimum absolute atomic E-state index is 0.0170. The summed E-state index contributed by atoms with van der Waals surface area (Å²) in [6.45, 7) is 10.9. The van der Waals surface area contributed by atoms with Crippen LogP contribution in [0, 0.1) is 5.41 Å². The molecule has 4 heteroatoms. The van der Waals surface area contributed by atoms with Crippen LogP contribution in [0.4, 0.5) is 0 Å². The molecule has 0 aromatic rings. The molecule has 1 atom stereocenters. The molecule has 0 fully saturated rings. The van der Waals surface area contributed by atoms with Gasteiger partial charge in [-0.3, -0.25) is 0 Å². The van der Waals surface area contributed by atoms with Gasteiger partial charge >= 0.3 is 0 Å². The van der Waals surface area contributed by atoms with Crippen molar-refractivity contribution in [3.05, 3.63) is 0 Å². The zero-order valence-corrected chi connectivity index (χ0v) is 11.4. The fourth-order valence-electron chi connectivity index (χ4n) is 1.51. The minimum Gasteiger partial charge on any atom is -0.313 e. The molecule has 0 spiro atoms. The van der Waals surface area contributed by atoms with E-state index < -0.39 is 9.84 Å². The lowest BCUT2D eigenvalue weighted by Gasteiger charge is -2.31. The largest absolute Gasteiger partial charge is 0.313 e. The van der Waals surface area contributed by atoms with Crippen LogP contribution >= 0.6 is 0 Å². The summed E-state index contributed by atoms with van der Waals surface area (Å²) >= 11 is 0. The van der Waals surface area contributed by atoms with Crippen LogP contribution in [0.3, 0.4) is 0 Å². The lowest BCUT2D eigenvalue weighted by molar-refractivity contribution is 0.292. The van der Waals surface area contributed by atoms with Crippen LogP contribution < -0.4 is 5.32 Å². The van der Waals surface area contributed by atoms with E-state index in [9.17, 15) is 8.42 Å². The Labute approximate surface area is 94.6 Å². The van der Waals surface area contributed by atoms with Gasteiger partial charge in [-0.05, 0) is 18.4 Å². The molecule has 0 heterocycles. The van der Waals surface area contributed by atoms with E-state index in [1.807, 2.05) is 13.8 Å². The third-order valence-electron chi connectivity index (χ3n) is 2.43. The molecular formula is C11H25NO2S. The molecule has 0 aromatic heterocycles. The SMILES string of the molecule is CCCS(=O)(=O)CC(NCC)C(C)(C)C. The van der Waals surface area contributed by atoms with E-state index in [1.54, 1.807) is 0 Å². The zero-order chi connectivity index (χ0) is 12.1. The average Bonchev–Trinajstić information content (AvgIpc) is 2.01. The van der Waals surface area contributed by atoms with Gasteiger partial charge in [0.2, 0.25) is 0 Å². The summed E-state index contributed by atoms with van der Waals surface area (Å²) < 4.78 is 23.4. The fourth-order valence-corrected chi connectivity index (χ4v) is 3.42. The van der Waals surface area contributed by atoms with Gasteiger partial charge in [-0.2, -0.15) is 0 Å². The van der Waals surface area contributed by atoms with Crippen molar-refractivity contribution in [2.75, 3.05) is 18.1 Å². The number of rotatable bonds is 6. The summed E-state index contributed by atoms with van der Waals surface area (Å²) in [5, 5.41) is 3.26. The molecule has 15 heavy (non-hydrogen) atoms. The smallest absolute Gasteiger partial charge is 0.151 e. The summed E-state index contributed by atoms with van der Waals surface area (Å²) in [4.78, 5) is 0. The molecule has 0 aliphatic heterocycles. The highest BCUT2D eigenvalue weighted by Crippen LogP contribution is 2.20. The molecule has 1 unspecified atom stereocenters. The minimum atomic E-state index is -2.90. The first-order chi connectivity index (χ1) is 6.73. The van der Waals surface area contributed by atoms with Crippen LogP contribution in [0.2, 0.25) is 0 Å². The first-order valence-electron chi connectivity index (χ1n) is 5.66. The van der Waals surface area contributed by atoms with E-state index in [0.29, 0.717) is 12.2 Å². The Hall–Kier alpha value is -0.0900. The first kappa shape index (κ1) is 14.9. The van der Waals surface area contributed by atoms with Gasteiger partial charge in [0.1, 0.15) is 0 Å². The van der Waals surface area contributed by atoms with Gasteiger partial charge < -0.3 is 5.32 Å². The molecule has 0 rings (SSSR count). The second kappa shape index (κ2) is 5.85. The summed E-state index contributed by atoms with van der Waals surface area (Å²) in [6.07, 6.45) is 0.700. The first-order valence-corrected chi connectivity index (χ1v) is 7.49. The van der Waals surface area contributed by atoms with Crippen molar-refractivity contribution in [3.8, 4) is 0 Å². The van der Waals surface area contributed by atoms with Gasteiger partial charge in [-0.25, -0.2) is 8.42 Å². The van der Waals surface area contributed by atoms with Crippen LogP contribution in [0.15, 0.2) is 0 Å². The number of sulfone groups is 1. The summed E-state index contributed by atoms with van der Waals surface area (Å²) in [7, 11) is -2.90. The molecule has 0 saturated heterocycles. The predicted molar refractivity (Wildman–Crippen MR) is 65.9 cm³/mol. The Morgan fingerprint density at radius 1 is 1.20 bits per heavy atom. The van der Waals surface area contributed by atoms with Crippen LogP contribution in [-0.2, 0) is 9.84 Å². The maximum Gasteiger partial charge on any atom is 0.151 e. The number of nitrogens with one attached hydrogen (secondary N) is 1. The van der Waals surface area contributed by atoms with Crippen molar-refractivity contribution < 1.29 is 8.42 Å². The monoisotopic (exact) mass is 235 g/mol. The lowest BCUT2D eigenvalue weighted by Crippen LogP contribution is -2.45. The maximum atomic E-state index is 11.7. The Balaban J connectivity index is 4.55. The van der Waals surface area contributed by atoms with Gasteiger partial charge in [0.05, 0.1) is 5.75 Å². The molecule has 0 bridgehead atoms. The molecule has 0 aliphatic carbocycles. The third kappa shape index (κ3) is 6.15. The third-order valence-corrected chi connectivity index (χ3v) is 4.30. The second-order valence-corrected chi connectivity index (χ2v) is 7.32. The summed E-state index contributed by atoms with van der Waals surface area (Å²) in [5.74, 6) is 0.545. The van der Waals surface area contributed by atoms with Crippen molar-refractivity contribution >= 4 is 9.84 Å². The Morgan fingerprint density at radius 2 is 1.73 bits per heavy atom. The molecule has 0 radical (unpaired) electrons. The van der Waals surface area contributed by atoms with E-state index in [-0.39, 0.29) is 17.2 Å². The number of hydrogen-bond acceptors (Lipinski definition) is 3. The standard InChI is InChI=1S/C11H25NO2S/c1-6-8-15(13,14)9-10(12-7-2)11(3,4)5/h10,12H,6-9H2,1-5H3. The van der Waals surface area contributed by atoms with Crippen molar-refractivity contribution in [1.29, 1.82) is 0 Å². The molecule has 3 nitrogen and oxygen atoms in total. The summed E-state index contributed by atoms with van der Waals surface area (Å²) in [5.41, 5.74) is -0.0170. The van der Waals surface area contributed by atoms with Gasteiger partial charge in [0.15, 0.2) is 9.84 Å². The quantitative estimate of drug-likeness (QED) is 0.764. The predicted octanol–water partition coefficient (Wildman–Crippen LogP) is 1.84. The lowest BCUT2D eigenvalue weighted by atomic mass is 9.88. The van der Waals surface area contributed by atoms with Crippen LogP contribution in [-0.4, -0.2) is 32.5 Å². The number of hydrogen-bond donors (Lipinski definition) is 1.